The summed E-state index contributed by atoms with van der Waals surface area (Å²) in [4.78, 5) is 20.5. The molecule has 0 radical (unpaired) electrons. The van der Waals surface area contributed by atoms with Gasteiger partial charge in [0, 0.05) is 10.8 Å². The van der Waals surface area contributed by atoms with E-state index in [1.54, 1.807) is 11.8 Å². The Morgan fingerprint density at radius 2 is 2.05 bits per heavy atom. The van der Waals surface area contributed by atoms with Gasteiger partial charge in [0.25, 0.3) is 5.56 Å². The molecule has 1 aromatic carbocycles. The summed E-state index contributed by atoms with van der Waals surface area (Å²) in [6.07, 6.45) is 2.28. The quantitative estimate of drug-likeness (QED) is 0.866. The van der Waals surface area contributed by atoms with Crippen LogP contribution in [0.1, 0.15) is 30.3 Å². The minimum Gasteiger partial charge on any atom is -0.309 e. The number of aromatic amines is 1. The minimum absolute atomic E-state index is 0.0689. The molecule has 1 aliphatic carbocycles. The second-order valence-electron chi connectivity index (χ2n) is 4.59. The van der Waals surface area contributed by atoms with Crippen LogP contribution in [0.5, 0.6) is 0 Å². The maximum absolute atomic E-state index is 11.9. The fourth-order valence-corrected chi connectivity index (χ4v) is 3.19. The molecule has 5 heteroatoms. The molecule has 0 saturated heterocycles. The molecule has 3 rings (SSSR count). The molecule has 2 aromatic rings. The highest BCUT2D eigenvalue weighted by molar-refractivity contribution is 9.10. The summed E-state index contributed by atoms with van der Waals surface area (Å²) in [5.74, 6) is 1.91. The molecular weight excluding hydrogens is 324 g/mol. The summed E-state index contributed by atoms with van der Waals surface area (Å²) in [7, 11) is 0. The van der Waals surface area contributed by atoms with Crippen LogP contribution >= 0.6 is 27.7 Å². The maximum atomic E-state index is 11.9. The number of thioether (sulfide) groups is 1. The van der Waals surface area contributed by atoms with E-state index in [-0.39, 0.29) is 5.56 Å². The normalized spacial score (nSPS) is 14.6. The van der Waals surface area contributed by atoms with E-state index in [4.69, 9.17) is 0 Å². The molecule has 0 bridgehead atoms. The highest BCUT2D eigenvalue weighted by Gasteiger charge is 2.28. The fraction of sp³-hybridized carbons (Fsp3) is 0.286. The summed E-state index contributed by atoms with van der Waals surface area (Å²) in [5, 5.41) is 0. The van der Waals surface area contributed by atoms with Crippen LogP contribution in [0.2, 0.25) is 0 Å². The average molecular weight is 337 g/mol. The van der Waals surface area contributed by atoms with Crippen LogP contribution in [0, 0.1) is 0 Å². The van der Waals surface area contributed by atoms with Crippen molar-refractivity contribution in [2.24, 2.45) is 0 Å². The molecular formula is C14H13BrN2OS. The van der Waals surface area contributed by atoms with Crippen molar-refractivity contribution < 1.29 is 0 Å². The largest absolute Gasteiger partial charge is 0.309 e. The van der Waals surface area contributed by atoms with Gasteiger partial charge in [-0.15, -0.1) is 11.8 Å². The maximum Gasteiger partial charge on any atom is 0.265 e. The number of hydrogen-bond acceptors (Lipinski definition) is 3. The van der Waals surface area contributed by atoms with Crippen LogP contribution in [0.3, 0.4) is 0 Å². The van der Waals surface area contributed by atoms with E-state index < -0.39 is 0 Å². The molecule has 0 atom stereocenters. The molecule has 3 nitrogen and oxygen atoms in total. The Morgan fingerprint density at radius 3 is 2.74 bits per heavy atom. The van der Waals surface area contributed by atoms with Crippen molar-refractivity contribution in [1.82, 2.24) is 9.97 Å². The first-order valence-electron chi connectivity index (χ1n) is 6.20. The topological polar surface area (TPSA) is 45.8 Å². The molecule has 1 N–H and O–H groups in total. The number of nitrogens with zero attached hydrogens (tertiary/aromatic N) is 1. The lowest BCUT2D eigenvalue weighted by Gasteiger charge is -2.05. The van der Waals surface area contributed by atoms with Crippen LogP contribution in [-0.2, 0) is 5.75 Å². The minimum atomic E-state index is -0.0689. The molecule has 1 heterocycles. The molecule has 1 aliphatic rings. The fourth-order valence-electron chi connectivity index (χ4n) is 1.89. The molecule has 98 valence electrons. The number of H-pyrrole nitrogens is 1. The first-order chi connectivity index (χ1) is 9.24. The molecule has 0 aliphatic heterocycles. The Labute approximate surface area is 124 Å². The molecule has 19 heavy (non-hydrogen) atoms. The third-order valence-corrected chi connectivity index (χ3v) is 4.81. The molecule has 1 fully saturated rings. The van der Waals surface area contributed by atoms with Gasteiger partial charge in [0.2, 0.25) is 0 Å². The van der Waals surface area contributed by atoms with Crippen molar-refractivity contribution in [2.45, 2.75) is 29.4 Å². The van der Waals surface area contributed by atoms with Gasteiger partial charge in [0.1, 0.15) is 10.3 Å². The Hall–Kier alpha value is -1.07. The van der Waals surface area contributed by atoms with Gasteiger partial charge in [-0.1, -0.05) is 18.2 Å². The van der Waals surface area contributed by atoms with Crippen LogP contribution in [0.4, 0.5) is 0 Å². The third-order valence-electron chi connectivity index (χ3n) is 3.02. The van der Waals surface area contributed by atoms with Gasteiger partial charge in [-0.25, -0.2) is 4.98 Å². The van der Waals surface area contributed by atoms with Gasteiger partial charge in [-0.2, -0.15) is 0 Å². The number of aromatic nitrogens is 2. The summed E-state index contributed by atoms with van der Waals surface area (Å²) < 4.78 is 0.600. The van der Waals surface area contributed by atoms with Crippen LogP contribution in [0.25, 0.3) is 0 Å². The summed E-state index contributed by atoms with van der Waals surface area (Å²) in [6, 6.07) is 10.1. The number of benzene rings is 1. The van der Waals surface area contributed by atoms with E-state index in [0.717, 1.165) is 24.4 Å². The molecule has 0 amide bonds. The van der Waals surface area contributed by atoms with Crippen molar-refractivity contribution in [3.63, 3.8) is 0 Å². The molecule has 1 aromatic heterocycles. The first-order valence-corrected chi connectivity index (χ1v) is 7.98. The lowest BCUT2D eigenvalue weighted by atomic mass is 10.3. The van der Waals surface area contributed by atoms with Crippen molar-refractivity contribution in [1.29, 1.82) is 0 Å². The van der Waals surface area contributed by atoms with Crippen LogP contribution < -0.4 is 5.56 Å². The SMILES string of the molecule is O=c1[nH]c(CSc2ccccc2)nc(C2CC2)c1Br. The van der Waals surface area contributed by atoms with Crippen molar-refractivity contribution in [3.8, 4) is 0 Å². The van der Waals surface area contributed by atoms with Gasteiger partial charge in [0.15, 0.2) is 0 Å². The Morgan fingerprint density at radius 1 is 1.32 bits per heavy atom. The standard InChI is InChI=1S/C14H13BrN2OS/c15-12-13(9-6-7-9)16-11(17-14(12)18)8-19-10-4-2-1-3-5-10/h1-5,9H,6-8H2,(H,16,17,18). The zero-order valence-corrected chi connectivity index (χ0v) is 12.6. The Kier molecular flexibility index (Phi) is 3.75. The summed E-state index contributed by atoms with van der Waals surface area (Å²) >= 11 is 5.02. The van der Waals surface area contributed by atoms with E-state index in [1.807, 2.05) is 18.2 Å². The van der Waals surface area contributed by atoms with Crippen molar-refractivity contribution in [2.75, 3.05) is 0 Å². The number of rotatable bonds is 4. The van der Waals surface area contributed by atoms with Crippen molar-refractivity contribution in [3.05, 3.63) is 56.7 Å². The summed E-state index contributed by atoms with van der Waals surface area (Å²) in [5.41, 5.74) is 0.855. The molecule has 0 spiro atoms. The predicted molar refractivity (Wildman–Crippen MR) is 80.5 cm³/mol. The third kappa shape index (κ3) is 3.09. The van der Waals surface area contributed by atoms with Gasteiger partial charge >= 0.3 is 0 Å². The van der Waals surface area contributed by atoms with Crippen LogP contribution in [-0.4, -0.2) is 9.97 Å². The average Bonchev–Trinajstić information content (AvgIpc) is 3.25. The number of hydrogen-bond donors (Lipinski definition) is 1. The van der Waals surface area contributed by atoms with Gasteiger partial charge in [-0.05, 0) is 40.9 Å². The molecule has 1 saturated carbocycles. The van der Waals surface area contributed by atoms with E-state index in [0.29, 0.717) is 16.1 Å². The van der Waals surface area contributed by atoms with E-state index in [2.05, 4.69) is 38.0 Å². The second kappa shape index (κ2) is 5.51. The monoisotopic (exact) mass is 336 g/mol. The lowest BCUT2D eigenvalue weighted by molar-refractivity contribution is 0.899. The van der Waals surface area contributed by atoms with E-state index in [1.165, 1.54) is 4.90 Å². The zero-order valence-electron chi connectivity index (χ0n) is 10.2. The van der Waals surface area contributed by atoms with E-state index >= 15 is 0 Å². The van der Waals surface area contributed by atoms with E-state index in [9.17, 15) is 4.79 Å². The smallest absolute Gasteiger partial charge is 0.265 e. The van der Waals surface area contributed by atoms with Gasteiger partial charge in [-0.3, -0.25) is 4.79 Å². The van der Waals surface area contributed by atoms with Gasteiger partial charge in [0.05, 0.1) is 11.4 Å². The second-order valence-corrected chi connectivity index (χ2v) is 6.43. The van der Waals surface area contributed by atoms with Crippen molar-refractivity contribution >= 4 is 27.7 Å². The zero-order chi connectivity index (χ0) is 13.2. The predicted octanol–water partition coefficient (Wildman–Crippen LogP) is 3.70. The Bertz CT molecular complexity index is 638. The van der Waals surface area contributed by atoms with Crippen LogP contribution in [0.15, 0.2) is 44.5 Å². The first kappa shape index (κ1) is 12.9. The number of nitrogens with one attached hydrogen (secondary N) is 1. The lowest BCUT2D eigenvalue weighted by Crippen LogP contribution is -2.14. The molecule has 0 unspecified atom stereocenters. The van der Waals surface area contributed by atoms with Gasteiger partial charge < -0.3 is 4.98 Å². The highest BCUT2D eigenvalue weighted by Crippen LogP contribution is 2.41. The highest BCUT2D eigenvalue weighted by atomic mass is 79.9. The Balaban J connectivity index is 1.79. The summed E-state index contributed by atoms with van der Waals surface area (Å²) in [6.45, 7) is 0. The number of halogens is 1.